The van der Waals surface area contributed by atoms with Gasteiger partial charge in [0.2, 0.25) is 0 Å². The Bertz CT molecular complexity index is 661. The van der Waals surface area contributed by atoms with E-state index in [9.17, 15) is 5.26 Å². The van der Waals surface area contributed by atoms with Crippen molar-refractivity contribution in [1.82, 2.24) is 0 Å². The summed E-state index contributed by atoms with van der Waals surface area (Å²) in [7, 11) is 1.64. The van der Waals surface area contributed by atoms with E-state index in [0.717, 1.165) is 36.3 Å². The van der Waals surface area contributed by atoms with Crippen LogP contribution >= 0.6 is 0 Å². The molecule has 0 radical (unpaired) electrons. The summed E-state index contributed by atoms with van der Waals surface area (Å²) in [4.78, 5) is 0. The molecule has 120 valence electrons. The van der Waals surface area contributed by atoms with E-state index < -0.39 is 0 Å². The molecule has 3 nitrogen and oxygen atoms in total. The van der Waals surface area contributed by atoms with Crippen molar-refractivity contribution < 1.29 is 9.47 Å². The Morgan fingerprint density at radius 3 is 2.61 bits per heavy atom. The molecule has 2 rings (SSSR count). The Kier molecular flexibility index (Phi) is 6.50. The number of methoxy groups -OCH3 is 1. The lowest BCUT2D eigenvalue weighted by atomic mass is 9.96. The fourth-order valence-corrected chi connectivity index (χ4v) is 2.50. The Labute approximate surface area is 138 Å². The fourth-order valence-electron chi connectivity index (χ4n) is 2.50. The molecule has 23 heavy (non-hydrogen) atoms. The number of nitriles is 1. The highest BCUT2D eigenvalue weighted by Gasteiger charge is 2.11. The van der Waals surface area contributed by atoms with Gasteiger partial charge in [-0.3, -0.25) is 0 Å². The Morgan fingerprint density at radius 1 is 1.09 bits per heavy atom. The lowest BCUT2D eigenvalue weighted by molar-refractivity contribution is 0.304. The SMILES string of the molecule is CCc1cccc(OCCCC(C#N)c2cccc(OC)c2)c1. The van der Waals surface area contributed by atoms with E-state index in [1.54, 1.807) is 7.11 Å². The van der Waals surface area contributed by atoms with Crippen molar-refractivity contribution in [2.45, 2.75) is 32.1 Å². The molecule has 0 aliphatic carbocycles. The van der Waals surface area contributed by atoms with E-state index in [1.807, 2.05) is 36.4 Å². The molecular weight excluding hydrogens is 286 g/mol. The van der Waals surface area contributed by atoms with Crippen molar-refractivity contribution in [1.29, 1.82) is 5.26 Å². The lowest BCUT2D eigenvalue weighted by Crippen LogP contribution is -2.02. The van der Waals surface area contributed by atoms with Gasteiger partial charge in [-0.15, -0.1) is 0 Å². The van der Waals surface area contributed by atoms with Crippen LogP contribution in [0.25, 0.3) is 0 Å². The largest absolute Gasteiger partial charge is 0.497 e. The molecule has 3 heteroatoms. The second-order valence-corrected chi connectivity index (χ2v) is 5.45. The molecule has 1 atom stereocenters. The van der Waals surface area contributed by atoms with Crippen molar-refractivity contribution in [3.8, 4) is 17.6 Å². The highest BCUT2D eigenvalue weighted by molar-refractivity contribution is 5.33. The van der Waals surface area contributed by atoms with Gasteiger partial charge in [0.05, 0.1) is 25.7 Å². The van der Waals surface area contributed by atoms with Gasteiger partial charge in [-0.1, -0.05) is 31.2 Å². The molecule has 2 aromatic carbocycles. The molecule has 0 saturated carbocycles. The van der Waals surface area contributed by atoms with Crippen molar-refractivity contribution in [3.63, 3.8) is 0 Å². The molecule has 0 aliphatic rings. The van der Waals surface area contributed by atoms with Gasteiger partial charge >= 0.3 is 0 Å². The predicted molar refractivity (Wildman–Crippen MR) is 91.9 cm³/mol. The first kappa shape index (κ1) is 16.9. The summed E-state index contributed by atoms with van der Waals surface area (Å²) in [6.45, 7) is 2.75. The maximum Gasteiger partial charge on any atom is 0.119 e. The van der Waals surface area contributed by atoms with Crippen molar-refractivity contribution in [2.75, 3.05) is 13.7 Å². The van der Waals surface area contributed by atoms with E-state index in [4.69, 9.17) is 9.47 Å². The number of hydrogen-bond donors (Lipinski definition) is 0. The Balaban J connectivity index is 1.85. The molecule has 0 aromatic heterocycles. The third-order valence-electron chi connectivity index (χ3n) is 3.86. The number of benzene rings is 2. The topological polar surface area (TPSA) is 42.2 Å². The molecule has 2 aromatic rings. The highest BCUT2D eigenvalue weighted by atomic mass is 16.5. The van der Waals surface area contributed by atoms with Crippen LogP contribution in [0.4, 0.5) is 0 Å². The summed E-state index contributed by atoms with van der Waals surface area (Å²) in [5, 5.41) is 9.40. The zero-order chi connectivity index (χ0) is 16.5. The molecule has 1 unspecified atom stereocenters. The third-order valence-corrected chi connectivity index (χ3v) is 3.86. The van der Waals surface area contributed by atoms with E-state index in [1.165, 1.54) is 5.56 Å². The van der Waals surface area contributed by atoms with Crippen LogP contribution in [0.2, 0.25) is 0 Å². The van der Waals surface area contributed by atoms with Crippen LogP contribution < -0.4 is 9.47 Å². The lowest BCUT2D eigenvalue weighted by Gasteiger charge is -2.12. The first-order chi connectivity index (χ1) is 11.3. The number of nitrogens with zero attached hydrogens (tertiary/aromatic N) is 1. The van der Waals surface area contributed by atoms with Crippen molar-refractivity contribution in [2.24, 2.45) is 0 Å². The summed E-state index contributed by atoms with van der Waals surface area (Å²) in [6, 6.07) is 18.3. The number of hydrogen-bond acceptors (Lipinski definition) is 3. The van der Waals surface area contributed by atoms with Crippen LogP contribution in [-0.4, -0.2) is 13.7 Å². The quantitative estimate of drug-likeness (QED) is 0.662. The average molecular weight is 309 g/mol. The van der Waals surface area contributed by atoms with Gasteiger partial charge in [-0.05, 0) is 54.7 Å². The number of rotatable bonds is 8. The van der Waals surface area contributed by atoms with Crippen LogP contribution in [0.15, 0.2) is 48.5 Å². The monoisotopic (exact) mass is 309 g/mol. The molecule has 0 amide bonds. The Hall–Kier alpha value is -2.47. The number of aryl methyl sites for hydroxylation is 1. The molecule has 0 saturated heterocycles. The normalized spacial score (nSPS) is 11.5. The maximum absolute atomic E-state index is 9.40. The van der Waals surface area contributed by atoms with E-state index in [0.29, 0.717) is 6.61 Å². The van der Waals surface area contributed by atoms with Gasteiger partial charge in [0.15, 0.2) is 0 Å². The second-order valence-electron chi connectivity index (χ2n) is 5.45. The molecule has 0 aliphatic heterocycles. The van der Waals surface area contributed by atoms with Gasteiger partial charge in [0.1, 0.15) is 11.5 Å². The molecule has 0 spiro atoms. The summed E-state index contributed by atoms with van der Waals surface area (Å²) < 4.78 is 11.0. The average Bonchev–Trinajstić information content (AvgIpc) is 2.62. The first-order valence-corrected chi connectivity index (χ1v) is 8.02. The van der Waals surface area contributed by atoms with Gasteiger partial charge in [-0.2, -0.15) is 5.26 Å². The van der Waals surface area contributed by atoms with Gasteiger partial charge in [-0.25, -0.2) is 0 Å². The minimum atomic E-state index is -0.129. The smallest absolute Gasteiger partial charge is 0.119 e. The van der Waals surface area contributed by atoms with E-state index in [-0.39, 0.29) is 5.92 Å². The Morgan fingerprint density at radius 2 is 1.87 bits per heavy atom. The van der Waals surface area contributed by atoms with Crippen LogP contribution in [0, 0.1) is 11.3 Å². The summed E-state index contributed by atoms with van der Waals surface area (Å²) in [5.74, 6) is 1.56. The third kappa shape index (κ3) is 5.03. The van der Waals surface area contributed by atoms with Crippen LogP contribution in [0.1, 0.15) is 36.8 Å². The van der Waals surface area contributed by atoms with Crippen LogP contribution in [0.5, 0.6) is 11.5 Å². The van der Waals surface area contributed by atoms with Crippen LogP contribution in [0.3, 0.4) is 0 Å². The standard InChI is InChI=1S/C20H23NO2/c1-3-16-7-4-11-20(13-16)23-12-6-9-18(15-21)17-8-5-10-19(14-17)22-2/h4-5,7-8,10-11,13-14,18H,3,6,9,12H2,1-2H3. The van der Waals surface area contributed by atoms with Gasteiger partial charge in [0.25, 0.3) is 0 Å². The maximum atomic E-state index is 9.40. The molecule has 0 N–H and O–H groups in total. The molecule has 0 heterocycles. The molecule has 0 bridgehead atoms. The minimum absolute atomic E-state index is 0.129. The number of ether oxygens (including phenoxy) is 2. The van der Waals surface area contributed by atoms with Crippen molar-refractivity contribution >= 4 is 0 Å². The predicted octanol–water partition coefficient (Wildman–Crippen LogP) is 4.72. The zero-order valence-electron chi connectivity index (χ0n) is 13.8. The summed E-state index contributed by atoms with van der Waals surface area (Å²) >= 11 is 0. The summed E-state index contributed by atoms with van der Waals surface area (Å²) in [6.07, 6.45) is 2.62. The highest BCUT2D eigenvalue weighted by Crippen LogP contribution is 2.24. The first-order valence-electron chi connectivity index (χ1n) is 8.02. The fraction of sp³-hybridized carbons (Fsp3) is 0.350. The summed E-state index contributed by atoms with van der Waals surface area (Å²) in [5.41, 5.74) is 2.27. The zero-order valence-corrected chi connectivity index (χ0v) is 13.8. The second kappa shape index (κ2) is 8.85. The molecule has 0 fully saturated rings. The van der Waals surface area contributed by atoms with Crippen molar-refractivity contribution in [3.05, 3.63) is 59.7 Å². The minimum Gasteiger partial charge on any atom is -0.497 e. The van der Waals surface area contributed by atoms with Crippen LogP contribution in [-0.2, 0) is 6.42 Å². The van der Waals surface area contributed by atoms with Gasteiger partial charge in [0, 0.05) is 0 Å². The van der Waals surface area contributed by atoms with E-state index in [2.05, 4.69) is 25.1 Å². The molecular formula is C20H23NO2. The van der Waals surface area contributed by atoms with Gasteiger partial charge < -0.3 is 9.47 Å². The van der Waals surface area contributed by atoms with E-state index >= 15 is 0 Å².